The zero-order valence-corrected chi connectivity index (χ0v) is 22.6. The van der Waals surface area contributed by atoms with Crippen molar-refractivity contribution in [2.75, 3.05) is 50.1 Å². The molecule has 8 heteroatoms. The van der Waals surface area contributed by atoms with Gasteiger partial charge in [0, 0.05) is 43.2 Å². The molecule has 2 saturated heterocycles. The van der Waals surface area contributed by atoms with Crippen molar-refractivity contribution in [3.8, 4) is 0 Å². The van der Waals surface area contributed by atoms with Gasteiger partial charge in [0.1, 0.15) is 17.1 Å². The molecule has 3 fully saturated rings. The van der Waals surface area contributed by atoms with Crippen LogP contribution in [0.4, 0.5) is 16.2 Å². The molecule has 3 heterocycles. The van der Waals surface area contributed by atoms with Gasteiger partial charge in [-0.25, -0.2) is 9.37 Å². The van der Waals surface area contributed by atoms with Gasteiger partial charge in [-0.2, -0.15) is 4.98 Å². The summed E-state index contributed by atoms with van der Waals surface area (Å²) in [4.78, 5) is 16.4. The highest BCUT2D eigenvalue weighted by atomic mass is 35.5. The highest BCUT2D eigenvalue weighted by Crippen LogP contribution is 2.41. The van der Waals surface area contributed by atoms with Crippen LogP contribution in [0.15, 0.2) is 48.2 Å². The van der Waals surface area contributed by atoms with E-state index in [4.69, 9.17) is 21.6 Å². The van der Waals surface area contributed by atoms with Crippen molar-refractivity contribution >= 4 is 46.4 Å². The van der Waals surface area contributed by atoms with Crippen LogP contribution < -0.4 is 9.80 Å². The fourth-order valence-corrected chi connectivity index (χ4v) is 6.24. The number of anilines is 2. The van der Waals surface area contributed by atoms with E-state index in [1.807, 2.05) is 30.3 Å². The fourth-order valence-electron chi connectivity index (χ4n) is 5.98. The Labute approximate surface area is 228 Å². The average molecular weight is 534 g/mol. The van der Waals surface area contributed by atoms with E-state index in [1.165, 1.54) is 31.4 Å². The highest BCUT2D eigenvalue weighted by molar-refractivity contribution is 6.33. The summed E-state index contributed by atoms with van der Waals surface area (Å²) in [7, 11) is 4.14. The average Bonchev–Trinajstić information content (AvgIpc) is 3.20. The standard InChI is InChI=1S/C30H33ClFN5O/c1-35(2)22-17-37(18-22)30-33-28-25(29(34-30)36-15-20-8-9-21(12-20)16-36)14-26(31)24(27(28)32)11-10-23(38)13-19-6-4-3-5-7-19/h3-7,10-11,13-14,20-22,38H,8-9,12,15-18H2,1-2H3/b11-10+,23-13+/t20-,21?/m1/s1. The first-order valence-corrected chi connectivity index (χ1v) is 13.7. The quantitative estimate of drug-likeness (QED) is 0.309. The lowest BCUT2D eigenvalue weighted by Crippen LogP contribution is -2.58. The maximum absolute atomic E-state index is 16.1. The number of halogens is 2. The Balaban J connectivity index is 1.40. The van der Waals surface area contributed by atoms with Gasteiger partial charge in [-0.1, -0.05) is 41.9 Å². The van der Waals surface area contributed by atoms with Crippen LogP contribution in [-0.4, -0.2) is 66.3 Å². The van der Waals surface area contributed by atoms with Gasteiger partial charge in [0.25, 0.3) is 0 Å². The first kappa shape index (κ1) is 25.1. The van der Waals surface area contributed by atoms with Crippen LogP contribution in [0.5, 0.6) is 0 Å². The molecular formula is C30H33ClFN5O. The zero-order valence-electron chi connectivity index (χ0n) is 21.8. The van der Waals surface area contributed by atoms with Gasteiger partial charge in [-0.15, -0.1) is 0 Å². The summed E-state index contributed by atoms with van der Waals surface area (Å²) < 4.78 is 16.1. The van der Waals surface area contributed by atoms with E-state index in [0.29, 0.717) is 29.2 Å². The third-order valence-electron chi connectivity index (χ3n) is 8.20. The zero-order chi connectivity index (χ0) is 26.4. The van der Waals surface area contributed by atoms with Crippen LogP contribution in [0.2, 0.25) is 5.02 Å². The Kier molecular flexibility index (Phi) is 6.74. The van der Waals surface area contributed by atoms with Gasteiger partial charge in [0.05, 0.1) is 5.02 Å². The van der Waals surface area contributed by atoms with E-state index in [1.54, 1.807) is 12.1 Å². The van der Waals surface area contributed by atoms with Crippen LogP contribution in [0, 0.1) is 17.7 Å². The molecular weight excluding hydrogens is 501 g/mol. The Hall–Kier alpha value is -3.16. The van der Waals surface area contributed by atoms with Crippen molar-refractivity contribution in [2.24, 2.45) is 11.8 Å². The summed E-state index contributed by atoms with van der Waals surface area (Å²) in [6.07, 6.45) is 8.37. The maximum Gasteiger partial charge on any atom is 0.228 e. The molecule has 1 N–H and O–H groups in total. The number of likely N-dealkylation sites (N-methyl/N-ethyl adjacent to an activating group) is 1. The van der Waals surface area contributed by atoms with Gasteiger partial charge in [-0.05, 0) is 75.1 Å². The molecule has 3 aromatic rings. The van der Waals surface area contributed by atoms with Gasteiger partial charge in [-0.3, -0.25) is 0 Å². The van der Waals surface area contributed by atoms with Gasteiger partial charge < -0.3 is 19.8 Å². The van der Waals surface area contributed by atoms with Crippen molar-refractivity contribution in [3.05, 3.63) is 70.2 Å². The van der Waals surface area contributed by atoms with Crippen molar-refractivity contribution in [3.63, 3.8) is 0 Å². The summed E-state index contributed by atoms with van der Waals surface area (Å²) in [5.41, 5.74) is 1.32. The number of hydrogen-bond donors (Lipinski definition) is 1. The molecule has 2 atom stereocenters. The van der Waals surface area contributed by atoms with E-state index in [0.717, 1.165) is 37.6 Å². The molecule has 2 bridgehead atoms. The summed E-state index contributed by atoms with van der Waals surface area (Å²) in [6, 6.07) is 11.7. The topological polar surface area (TPSA) is 55.7 Å². The molecule has 1 aliphatic carbocycles. The van der Waals surface area contributed by atoms with Crippen LogP contribution in [0.1, 0.15) is 30.4 Å². The minimum Gasteiger partial charge on any atom is -0.508 e. The second-order valence-corrected chi connectivity index (χ2v) is 11.5. The third kappa shape index (κ3) is 4.85. The first-order valence-electron chi connectivity index (χ1n) is 13.4. The SMILES string of the molecule is CN(C)C1CN(c2nc(N3CC4CC[C@H](C4)C3)c3cc(Cl)c(/C=C/C(O)=C\c4ccccc4)c(F)c3n2)C1. The predicted molar refractivity (Wildman–Crippen MR) is 153 cm³/mol. The lowest BCUT2D eigenvalue weighted by Gasteiger charge is -2.43. The van der Waals surface area contributed by atoms with E-state index in [-0.39, 0.29) is 21.9 Å². The van der Waals surface area contributed by atoms with E-state index >= 15 is 4.39 Å². The normalized spacial score (nSPS) is 22.2. The largest absolute Gasteiger partial charge is 0.508 e. The minimum absolute atomic E-state index is 0.00919. The lowest BCUT2D eigenvalue weighted by molar-refractivity contribution is 0.245. The van der Waals surface area contributed by atoms with Crippen LogP contribution in [0.25, 0.3) is 23.1 Å². The Bertz CT molecular complexity index is 1390. The Morgan fingerprint density at radius 1 is 1.05 bits per heavy atom. The number of aliphatic hydroxyl groups is 1. The molecule has 1 saturated carbocycles. The molecule has 198 valence electrons. The number of benzene rings is 2. The minimum atomic E-state index is -0.495. The van der Waals surface area contributed by atoms with E-state index in [2.05, 4.69) is 28.8 Å². The fraction of sp³-hybridized carbons (Fsp3) is 0.400. The van der Waals surface area contributed by atoms with Crippen LogP contribution in [0.3, 0.4) is 0 Å². The second kappa shape index (κ2) is 10.2. The number of nitrogens with zero attached hydrogens (tertiary/aromatic N) is 5. The molecule has 0 spiro atoms. The van der Waals surface area contributed by atoms with Crippen LogP contribution in [-0.2, 0) is 0 Å². The number of aromatic nitrogens is 2. The van der Waals surface area contributed by atoms with Gasteiger partial charge in [0.15, 0.2) is 5.82 Å². The number of hydrogen-bond acceptors (Lipinski definition) is 6. The predicted octanol–water partition coefficient (Wildman–Crippen LogP) is 6.02. The number of allylic oxidation sites excluding steroid dienone is 1. The molecule has 1 unspecified atom stereocenters. The number of fused-ring (bicyclic) bond motifs is 3. The monoisotopic (exact) mass is 533 g/mol. The lowest BCUT2D eigenvalue weighted by atomic mass is 9.98. The summed E-state index contributed by atoms with van der Waals surface area (Å²) in [5, 5.41) is 11.3. The van der Waals surface area contributed by atoms with E-state index in [9.17, 15) is 5.11 Å². The van der Waals surface area contributed by atoms with Crippen molar-refractivity contribution < 1.29 is 9.50 Å². The Morgan fingerprint density at radius 2 is 1.76 bits per heavy atom. The van der Waals surface area contributed by atoms with Crippen LogP contribution >= 0.6 is 11.6 Å². The molecule has 0 amide bonds. The maximum atomic E-state index is 16.1. The summed E-state index contributed by atoms with van der Waals surface area (Å²) >= 11 is 6.65. The molecule has 6 rings (SSSR count). The highest BCUT2D eigenvalue weighted by Gasteiger charge is 2.36. The number of rotatable bonds is 6. The molecule has 1 aromatic heterocycles. The Morgan fingerprint density at radius 3 is 2.45 bits per heavy atom. The second-order valence-electron chi connectivity index (χ2n) is 11.1. The third-order valence-corrected chi connectivity index (χ3v) is 8.52. The number of aliphatic hydroxyl groups excluding tert-OH is 1. The van der Waals surface area contributed by atoms with Crippen molar-refractivity contribution in [1.82, 2.24) is 14.9 Å². The number of piperidine rings is 1. The molecule has 6 nitrogen and oxygen atoms in total. The van der Waals surface area contributed by atoms with E-state index < -0.39 is 5.82 Å². The van der Waals surface area contributed by atoms with Crippen molar-refractivity contribution in [1.29, 1.82) is 0 Å². The van der Waals surface area contributed by atoms with Crippen molar-refractivity contribution in [2.45, 2.75) is 25.3 Å². The smallest absolute Gasteiger partial charge is 0.228 e. The van der Waals surface area contributed by atoms with Gasteiger partial charge >= 0.3 is 0 Å². The molecule has 38 heavy (non-hydrogen) atoms. The molecule has 0 radical (unpaired) electrons. The molecule has 3 aliphatic rings. The summed E-state index contributed by atoms with van der Waals surface area (Å²) in [5.74, 6) is 2.17. The molecule has 2 aliphatic heterocycles. The molecule has 2 aromatic carbocycles. The van der Waals surface area contributed by atoms with Gasteiger partial charge in [0.2, 0.25) is 5.95 Å². The summed E-state index contributed by atoms with van der Waals surface area (Å²) in [6.45, 7) is 3.48. The first-order chi connectivity index (χ1) is 18.4.